The van der Waals surface area contributed by atoms with Gasteiger partial charge in [0.05, 0.1) is 20.3 Å². The molecule has 0 aliphatic carbocycles. The number of carbonyl (C=O) groups excluding carboxylic acids is 1. The van der Waals surface area contributed by atoms with Gasteiger partial charge in [-0.05, 0) is 43.5 Å². The molecule has 0 unspecified atom stereocenters. The number of carboxylic acid groups (broad SMARTS) is 1. The van der Waals surface area contributed by atoms with Crippen molar-refractivity contribution in [3.63, 3.8) is 0 Å². The zero-order valence-corrected chi connectivity index (χ0v) is 16.0. The number of benzene rings is 1. The van der Waals surface area contributed by atoms with Crippen LogP contribution in [0, 0.1) is 12.8 Å². The number of hydrogen-bond donors (Lipinski definition) is 2. The van der Waals surface area contributed by atoms with E-state index in [0.29, 0.717) is 41.1 Å². The topological polar surface area (TPSA) is 98.0 Å². The zero-order valence-electron chi connectivity index (χ0n) is 16.0. The molecule has 2 N–H and O–H groups in total. The minimum atomic E-state index is -1.06. The third-order valence-corrected chi connectivity index (χ3v) is 4.00. The second-order valence-corrected chi connectivity index (χ2v) is 6.57. The molecule has 2 rings (SSSR count). The summed E-state index contributed by atoms with van der Waals surface area (Å²) in [4.78, 5) is 23.4. The second kappa shape index (κ2) is 9.12. The molecule has 0 aliphatic rings. The average Bonchev–Trinajstić information content (AvgIpc) is 3.00. The summed E-state index contributed by atoms with van der Waals surface area (Å²) in [5, 5.41) is 11.7. The van der Waals surface area contributed by atoms with Crippen LogP contribution in [0.1, 0.15) is 52.5 Å². The third kappa shape index (κ3) is 5.51. The van der Waals surface area contributed by atoms with Crippen LogP contribution in [0.25, 0.3) is 0 Å². The molecule has 1 amide bonds. The standard InChI is InChI=1S/C20H25NO6/c1-12(2)7-8-26-17-6-5-14(9-18(17)25-4)19(22)21-11-15-10-16(20(23)24)13(3)27-15/h5-6,9-10,12H,7-8,11H2,1-4H3,(H,21,22)(H,23,24). The van der Waals surface area contributed by atoms with E-state index in [-0.39, 0.29) is 18.0 Å². The van der Waals surface area contributed by atoms with E-state index >= 15 is 0 Å². The van der Waals surface area contributed by atoms with Crippen molar-refractivity contribution < 1.29 is 28.6 Å². The molecule has 1 heterocycles. The maximum atomic E-state index is 12.4. The van der Waals surface area contributed by atoms with Gasteiger partial charge in [-0.3, -0.25) is 4.79 Å². The number of furan rings is 1. The molecule has 1 aromatic heterocycles. The lowest BCUT2D eigenvalue weighted by molar-refractivity contribution is 0.0694. The predicted molar refractivity (Wildman–Crippen MR) is 99.5 cm³/mol. The summed E-state index contributed by atoms with van der Waals surface area (Å²) in [5.41, 5.74) is 0.494. The van der Waals surface area contributed by atoms with E-state index in [0.717, 1.165) is 6.42 Å². The van der Waals surface area contributed by atoms with Gasteiger partial charge in [0.1, 0.15) is 17.1 Å². The highest BCUT2D eigenvalue weighted by Gasteiger charge is 2.15. The summed E-state index contributed by atoms with van der Waals surface area (Å²) < 4.78 is 16.4. The fraction of sp³-hybridized carbons (Fsp3) is 0.400. The molecule has 146 valence electrons. The predicted octanol–water partition coefficient (Wildman–Crippen LogP) is 3.65. The number of amides is 1. The Balaban J connectivity index is 2.01. The lowest BCUT2D eigenvalue weighted by Crippen LogP contribution is -2.22. The van der Waals surface area contributed by atoms with E-state index in [4.69, 9.17) is 19.0 Å². The smallest absolute Gasteiger partial charge is 0.339 e. The third-order valence-electron chi connectivity index (χ3n) is 4.00. The van der Waals surface area contributed by atoms with E-state index in [1.165, 1.54) is 13.2 Å². The molecule has 0 radical (unpaired) electrons. The molecule has 0 saturated heterocycles. The van der Waals surface area contributed by atoms with Crippen molar-refractivity contribution >= 4 is 11.9 Å². The van der Waals surface area contributed by atoms with E-state index < -0.39 is 5.97 Å². The molecule has 0 bridgehead atoms. The van der Waals surface area contributed by atoms with Crippen LogP contribution in [0.15, 0.2) is 28.7 Å². The highest BCUT2D eigenvalue weighted by Crippen LogP contribution is 2.28. The minimum absolute atomic E-state index is 0.0852. The maximum absolute atomic E-state index is 12.4. The molecule has 7 heteroatoms. The van der Waals surface area contributed by atoms with Crippen molar-refractivity contribution in [1.82, 2.24) is 5.32 Å². The number of carbonyl (C=O) groups is 2. The van der Waals surface area contributed by atoms with Crippen LogP contribution in [-0.4, -0.2) is 30.7 Å². The summed E-state index contributed by atoms with van der Waals surface area (Å²) in [5.74, 6) is 0.888. The summed E-state index contributed by atoms with van der Waals surface area (Å²) in [6, 6.07) is 6.37. The van der Waals surface area contributed by atoms with Gasteiger partial charge in [0.15, 0.2) is 11.5 Å². The van der Waals surface area contributed by atoms with Gasteiger partial charge in [0, 0.05) is 5.56 Å². The van der Waals surface area contributed by atoms with Crippen LogP contribution < -0.4 is 14.8 Å². The van der Waals surface area contributed by atoms with Gasteiger partial charge in [-0.2, -0.15) is 0 Å². The molecule has 0 aliphatic heterocycles. The second-order valence-electron chi connectivity index (χ2n) is 6.57. The number of methoxy groups -OCH3 is 1. The summed E-state index contributed by atoms with van der Waals surface area (Å²) in [6.45, 7) is 6.46. The fourth-order valence-electron chi connectivity index (χ4n) is 2.45. The Morgan fingerprint density at radius 3 is 2.56 bits per heavy atom. The van der Waals surface area contributed by atoms with Gasteiger partial charge in [-0.15, -0.1) is 0 Å². The minimum Gasteiger partial charge on any atom is -0.493 e. The van der Waals surface area contributed by atoms with Crippen molar-refractivity contribution in [1.29, 1.82) is 0 Å². The zero-order chi connectivity index (χ0) is 20.0. The van der Waals surface area contributed by atoms with Crippen LogP contribution in [0.5, 0.6) is 11.5 Å². The van der Waals surface area contributed by atoms with Crippen LogP contribution in [0.3, 0.4) is 0 Å². The molecule has 7 nitrogen and oxygen atoms in total. The molecule has 0 fully saturated rings. The number of ether oxygens (including phenoxy) is 2. The van der Waals surface area contributed by atoms with Gasteiger partial charge in [-0.25, -0.2) is 4.79 Å². The molecule has 2 aromatic rings. The Bertz CT molecular complexity index is 809. The van der Waals surface area contributed by atoms with Gasteiger partial charge < -0.3 is 24.3 Å². The van der Waals surface area contributed by atoms with Crippen LogP contribution in [-0.2, 0) is 6.54 Å². The van der Waals surface area contributed by atoms with Crippen LogP contribution >= 0.6 is 0 Å². The average molecular weight is 375 g/mol. The first kappa shape index (κ1) is 20.4. The largest absolute Gasteiger partial charge is 0.493 e. The maximum Gasteiger partial charge on any atom is 0.339 e. The number of nitrogens with one attached hydrogen (secondary N) is 1. The number of carboxylic acids is 1. The molecule has 1 aromatic carbocycles. The molecular weight excluding hydrogens is 350 g/mol. The quantitative estimate of drug-likeness (QED) is 0.694. The van der Waals surface area contributed by atoms with Gasteiger partial charge >= 0.3 is 5.97 Å². The molecular formula is C20H25NO6. The van der Waals surface area contributed by atoms with E-state index in [1.807, 2.05) is 0 Å². The molecule has 0 atom stereocenters. The van der Waals surface area contributed by atoms with Crippen molar-refractivity contribution in [2.24, 2.45) is 5.92 Å². The Morgan fingerprint density at radius 2 is 1.96 bits per heavy atom. The van der Waals surface area contributed by atoms with Gasteiger partial charge in [-0.1, -0.05) is 13.8 Å². The first-order valence-corrected chi connectivity index (χ1v) is 8.73. The van der Waals surface area contributed by atoms with Gasteiger partial charge in [0.25, 0.3) is 5.91 Å². The number of aromatic carboxylic acids is 1. The molecule has 0 spiro atoms. The monoisotopic (exact) mass is 375 g/mol. The lowest BCUT2D eigenvalue weighted by atomic mass is 10.1. The SMILES string of the molecule is COc1cc(C(=O)NCc2cc(C(=O)O)c(C)o2)ccc1OCCC(C)C. The highest BCUT2D eigenvalue weighted by atomic mass is 16.5. The van der Waals surface area contributed by atoms with Crippen molar-refractivity contribution in [3.8, 4) is 11.5 Å². The van der Waals surface area contributed by atoms with Crippen molar-refractivity contribution in [2.45, 2.75) is 33.7 Å². The lowest BCUT2D eigenvalue weighted by Gasteiger charge is -2.13. The highest BCUT2D eigenvalue weighted by molar-refractivity contribution is 5.95. The van der Waals surface area contributed by atoms with E-state index in [9.17, 15) is 9.59 Å². The van der Waals surface area contributed by atoms with Crippen molar-refractivity contribution in [2.75, 3.05) is 13.7 Å². The first-order valence-electron chi connectivity index (χ1n) is 8.73. The molecule has 27 heavy (non-hydrogen) atoms. The Hall–Kier alpha value is -2.96. The Morgan fingerprint density at radius 1 is 1.22 bits per heavy atom. The summed E-state index contributed by atoms with van der Waals surface area (Å²) in [7, 11) is 1.52. The first-order chi connectivity index (χ1) is 12.8. The summed E-state index contributed by atoms with van der Waals surface area (Å²) >= 11 is 0. The Kier molecular flexibility index (Phi) is 6.87. The number of hydrogen-bond acceptors (Lipinski definition) is 5. The Labute approximate surface area is 158 Å². The van der Waals surface area contributed by atoms with Crippen molar-refractivity contribution in [3.05, 3.63) is 46.9 Å². The van der Waals surface area contributed by atoms with Crippen LogP contribution in [0.2, 0.25) is 0 Å². The normalized spacial score (nSPS) is 10.7. The number of aryl methyl sites for hydroxylation is 1. The fourth-order valence-corrected chi connectivity index (χ4v) is 2.45. The summed E-state index contributed by atoms with van der Waals surface area (Å²) in [6.07, 6.45) is 0.923. The molecule has 0 saturated carbocycles. The van der Waals surface area contributed by atoms with Gasteiger partial charge in [0.2, 0.25) is 0 Å². The van der Waals surface area contributed by atoms with Crippen LogP contribution in [0.4, 0.5) is 0 Å². The van der Waals surface area contributed by atoms with E-state index in [1.54, 1.807) is 25.1 Å². The van der Waals surface area contributed by atoms with E-state index in [2.05, 4.69) is 19.2 Å². The number of rotatable bonds is 9.